The normalized spacial score (nSPS) is 39.0. The summed E-state index contributed by atoms with van der Waals surface area (Å²) in [5.41, 5.74) is 0.943. The smallest absolute Gasteiger partial charge is 0.318 e. The van der Waals surface area contributed by atoms with Crippen molar-refractivity contribution in [2.75, 3.05) is 37.7 Å². The number of aromatic nitrogens is 1. The molecule has 0 radical (unpaired) electrons. The van der Waals surface area contributed by atoms with Gasteiger partial charge in [-0.25, -0.2) is 9.78 Å². The van der Waals surface area contributed by atoms with E-state index in [-0.39, 0.29) is 17.6 Å². The molecule has 8 nitrogen and oxygen atoms in total. The number of carbonyl (C=O) groups excluding carboxylic acids is 1. The van der Waals surface area contributed by atoms with Crippen LogP contribution < -0.4 is 15.0 Å². The number of anilines is 1. The number of aliphatic hydroxyl groups is 1. The highest BCUT2D eigenvalue weighted by atomic mass is 16.5. The summed E-state index contributed by atoms with van der Waals surface area (Å²) in [6, 6.07) is 5.20. The molecule has 220 valence electrons. The third-order valence-electron chi connectivity index (χ3n) is 11.4. The molecule has 0 aromatic carbocycles. The largest absolute Gasteiger partial charge is 0.477 e. The first-order chi connectivity index (χ1) is 19.1. The number of hydrogen-bond donors (Lipinski definition) is 2. The highest BCUT2D eigenvalue weighted by Crippen LogP contribution is 2.55. The molecule has 4 aliphatic carbocycles. The van der Waals surface area contributed by atoms with Crippen molar-refractivity contribution in [1.82, 2.24) is 20.1 Å². The molecule has 1 aromatic rings. The lowest BCUT2D eigenvalue weighted by Gasteiger charge is -2.58. The summed E-state index contributed by atoms with van der Waals surface area (Å²) >= 11 is 0. The lowest BCUT2D eigenvalue weighted by atomic mass is 9.52. The van der Waals surface area contributed by atoms with E-state index in [1.54, 1.807) is 0 Å². The minimum absolute atomic E-state index is 0.150. The molecule has 3 saturated heterocycles. The topological polar surface area (TPSA) is 81.2 Å². The van der Waals surface area contributed by atoms with Gasteiger partial charge in [0.2, 0.25) is 5.88 Å². The summed E-state index contributed by atoms with van der Waals surface area (Å²) < 4.78 is 6.18. The van der Waals surface area contributed by atoms with Gasteiger partial charge in [0.1, 0.15) is 0 Å². The Morgan fingerprint density at radius 1 is 1.02 bits per heavy atom. The van der Waals surface area contributed by atoms with Gasteiger partial charge in [0.05, 0.1) is 24.1 Å². The van der Waals surface area contributed by atoms with Crippen LogP contribution in [0.4, 0.5) is 10.5 Å². The van der Waals surface area contributed by atoms with Gasteiger partial charge in [-0.05, 0) is 108 Å². The summed E-state index contributed by atoms with van der Waals surface area (Å²) in [6.45, 7) is 11.7. The maximum atomic E-state index is 13.6. The third kappa shape index (κ3) is 5.08. The summed E-state index contributed by atoms with van der Waals surface area (Å²) in [6.07, 6.45) is 11.3. The highest BCUT2D eigenvalue weighted by molar-refractivity contribution is 5.76. The van der Waals surface area contributed by atoms with Gasteiger partial charge in [0, 0.05) is 55.9 Å². The fourth-order valence-electron chi connectivity index (χ4n) is 9.68. The molecule has 7 fully saturated rings. The SMILES string of the molecule is CC(C)(C)N1CCN(c2ccc(OCC3CC4CCC(C3)N4C(=O)NC3[C@@H]4CC5C[C@H]3CC(O)(C5)C4)nc2)CC1. The lowest BCUT2D eigenvalue weighted by Crippen LogP contribution is -2.63. The van der Waals surface area contributed by atoms with E-state index in [0.717, 1.165) is 71.1 Å². The second kappa shape index (κ2) is 10.0. The molecule has 2 amide bonds. The van der Waals surface area contributed by atoms with Crippen LogP contribution in [0.1, 0.15) is 78.6 Å². The van der Waals surface area contributed by atoms with Gasteiger partial charge in [-0.1, -0.05) is 0 Å². The summed E-state index contributed by atoms with van der Waals surface area (Å²) in [5, 5.41) is 14.4. The second-order valence-electron chi connectivity index (χ2n) is 15.1. The van der Waals surface area contributed by atoms with Crippen molar-refractivity contribution in [2.45, 2.75) is 108 Å². The molecule has 40 heavy (non-hydrogen) atoms. The summed E-state index contributed by atoms with van der Waals surface area (Å²) in [5.74, 6) is 2.74. The van der Waals surface area contributed by atoms with E-state index in [9.17, 15) is 9.90 Å². The average molecular weight is 552 g/mol. The van der Waals surface area contributed by atoms with E-state index in [2.05, 4.69) is 51.8 Å². The van der Waals surface area contributed by atoms with Crippen molar-refractivity contribution in [2.24, 2.45) is 23.7 Å². The lowest BCUT2D eigenvalue weighted by molar-refractivity contribution is -0.137. The molecule has 8 rings (SSSR count). The molecule has 2 N–H and O–H groups in total. The van der Waals surface area contributed by atoms with E-state index in [4.69, 9.17) is 4.74 Å². The predicted octanol–water partition coefficient (Wildman–Crippen LogP) is 4.27. The maximum Gasteiger partial charge on any atom is 0.318 e. The van der Waals surface area contributed by atoms with Crippen molar-refractivity contribution in [3.05, 3.63) is 18.3 Å². The molecule has 0 spiro atoms. The minimum atomic E-state index is -0.452. The molecule has 6 bridgehead atoms. The highest BCUT2D eigenvalue weighted by Gasteiger charge is 2.55. The molecule has 8 heteroatoms. The second-order valence-corrected chi connectivity index (χ2v) is 15.1. The van der Waals surface area contributed by atoms with E-state index in [1.807, 2.05) is 12.3 Å². The van der Waals surface area contributed by atoms with Gasteiger partial charge in [-0.2, -0.15) is 0 Å². The van der Waals surface area contributed by atoms with Crippen LogP contribution >= 0.6 is 0 Å². The van der Waals surface area contributed by atoms with E-state index >= 15 is 0 Å². The Kier molecular flexibility index (Phi) is 6.73. The van der Waals surface area contributed by atoms with E-state index in [1.165, 1.54) is 18.5 Å². The molecule has 4 heterocycles. The van der Waals surface area contributed by atoms with Crippen molar-refractivity contribution in [3.8, 4) is 5.88 Å². The number of piperazine rings is 1. The number of rotatable bonds is 5. The molecular formula is C32H49N5O3. The zero-order valence-electron chi connectivity index (χ0n) is 24.7. The van der Waals surface area contributed by atoms with Crippen LogP contribution in [0.15, 0.2) is 18.3 Å². The first-order valence-corrected chi connectivity index (χ1v) is 16.0. The predicted molar refractivity (Wildman–Crippen MR) is 155 cm³/mol. The molecule has 7 atom stereocenters. The first-order valence-electron chi connectivity index (χ1n) is 16.0. The van der Waals surface area contributed by atoms with E-state index in [0.29, 0.717) is 48.2 Å². The number of pyridine rings is 1. The number of hydrogen-bond acceptors (Lipinski definition) is 6. The van der Waals surface area contributed by atoms with Crippen LogP contribution in [0.3, 0.4) is 0 Å². The number of carbonyl (C=O) groups is 1. The van der Waals surface area contributed by atoms with Crippen molar-refractivity contribution in [1.29, 1.82) is 0 Å². The zero-order chi connectivity index (χ0) is 27.6. The van der Waals surface area contributed by atoms with Crippen LogP contribution in [-0.2, 0) is 0 Å². The molecule has 4 saturated carbocycles. The molecule has 3 aliphatic heterocycles. The number of piperidine rings is 1. The van der Waals surface area contributed by atoms with Crippen LogP contribution in [0.2, 0.25) is 0 Å². The fraction of sp³-hybridized carbons (Fsp3) is 0.812. The summed E-state index contributed by atoms with van der Waals surface area (Å²) in [4.78, 5) is 25.3. The van der Waals surface area contributed by atoms with Crippen molar-refractivity contribution in [3.63, 3.8) is 0 Å². The van der Waals surface area contributed by atoms with Crippen LogP contribution in [0, 0.1) is 23.7 Å². The Bertz CT molecular complexity index is 1050. The maximum absolute atomic E-state index is 13.6. The Morgan fingerprint density at radius 2 is 1.70 bits per heavy atom. The Morgan fingerprint density at radius 3 is 2.27 bits per heavy atom. The number of amides is 2. The molecule has 5 unspecified atom stereocenters. The number of ether oxygens (including phenoxy) is 1. The number of nitrogens with one attached hydrogen (secondary N) is 1. The Hall–Kier alpha value is -2.06. The van der Waals surface area contributed by atoms with Gasteiger partial charge in [-0.3, -0.25) is 4.90 Å². The minimum Gasteiger partial charge on any atom is -0.477 e. The van der Waals surface area contributed by atoms with Crippen molar-refractivity contribution < 1.29 is 14.6 Å². The number of fused-ring (bicyclic) bond motifs is 2. The van der Waals surface area contributed by atoms with Gasteiger partial charge >= 0.3 is 6.03 Å². The average Bonchev–Trinajstić information content (AvgIpc) is 3.18. The van der Waals surface area contributed by atoms with Crippen LogP contribution in [-0.4, -0.2) is 88.0 Å². The molecule has 1 aromatic heterocycles. The van der Waals surface area contributed by atoms with Crippen molar-refractivity contribution >= 4 is 11.7 Å². The van der Waals surface area contributed by atoms with E-state index < -0.39 is 5.60 Å². The van der Waals surface area contributed by atoms with Gasteiger partial charge in [-0.15, -0.1) is 0 Å². The Balaban J connectivity index is 0.893. The Labute approximate surface area is 239 Å². The summed E-state index contributed by atoms with van der Waals surface area (Å²) in [7, 11) is 0. The van der Waals surface area contributed by atoms with Gasteiger partial charge < -0.3 is 25.0 Å². The molecule has 7 aliphatic rings. The molecular weight excluding hydrogens is 502 g/mol. The fourth-order valence-corrected chi connectivity index (χ4v) is 9.68. The number of urea groups is 1. The number of nitrogens with zero attached hydrogens (tertiary/aromatic N) is 4. The monoisotopic (exact) mass is 551 g/mol. The van der Waals surface area contributed by atoms with Crippen LogP contribution in [0.5, 0.6) is 5.88 Å². The standard InChI is InChI=1S/C32H49N5O3/c1-31(2,3)36-10-8-35(9-11-36)27-6-7-28(33-19-27)40-20-22-14-25-4-5-26(15-22)37(25)30(38)34-29-23-12-21-13-24(29)18-32(39,16-21)17-23/h6-7,19,21-26,29,39H,4-5,8-18,20H2,1-3H3,(H,34,38)/t21?,22?,23-,24+,25?,26?,29?,32?. The third-order valence-corrected chi connectivity index (χ3v) is 11.4. The first kappa shape index (κ1) is 26.8. The zero-order valence-corrected chi connectivity index (χ0v) is 24.7. The van der Waals surface area contributed by atoms with Gasteiger partial charge in [0.25, 0.3) is 0 Å². The van der Waals surface area contributed by atoms with Gasteiger partial charge in [0.15, 0.2) is 0 Å². The van der Waals surface area contributed by atoms with Crippen LogP contribution in [0.25, 0.3) is 0 Å². The quantitative estimate of drug-likeness (QED) is 0.569.